The second-order valence-corrected chi connectivity index (χ2v) is 7.84. The number of hydrogen-bond acceptors (Lipinski definition) is 4. The van der Waals surface area contributed by atoms with Crippen molar-refractivity contribution < 1.29 is 0 Å². The summed E-state index contributed by atoms with van der Waals surface area (Å²) in [5, 5.41) is 5.66. The third-order valence-corrected chi connectivity index (χ3v) is 6.69. The van der Waals surface area contributed by atoms with Gasteiger partial charge in [0, 0.05) is 40.1 Å². The lowest BCUT2D eigenvalue weighted by atomic mass is 10.00. The Bertz CT molecular complexity index is 577. The van der Waals surface area contributed by atoms with Gasteiger partial charge >= 0.3 is 0 Å². The lowest BCUT2D eigenvalue weighted by molar-refractivity contribution is 0.532. The second kappa shape index (κ2) is 7.52. The number of hydrogen-bond donors (Lipinski definition) is 1. The molecule has 0 aliphatic carbocycles. The molecule has 2 atom stereocenters. The third kappa shape index (κ3) is 3.55. The van der Waals surface area contributed by atoms with Crippen LogP contribution in [-0.4, -0.2) is 34.0 Å². The van der Waals surface area contributed by atoms with Gasteiger partial charge in [-0.3, -0.25) is 4.98 Å². The third-order valence-electron chi connectivity index (χ3n) is 3.83. The van der Waals surface area contributed by atoms with E-state index in [0.717, 1.165) is 12.1 Å². The van der Waals surface area contributed by atoms with Crippen LogP contribution in [0, 0.1) is 0 Å². The molecular formula is C17H22N2S2. The van der Waals surface area contributed by atoms with Gasteiger partial charge in [-0.2, -0.15) is 23.5 Å². The van der Waals surface area contributed by atoms with E-state index < -0.39 is 0 Å². The molecule has 1 aromatic carbocycles. The Morgan fingerprint density at radius 2 is 2.19 bits per heavy atom. The zero-order valence-corrected chi connectivity index (χ0v) is 14.1. The van der Waals surface area contributed by atoms with Gasteiger partial charge in [0.2, 0.25) is 0 Å². The standard InChI is InChI=1S/C17H22N2S2/c1-2-8-18-17(15-12-20-10-11-21-15)14-7-3-5-13-6-4-9-19-16(13)14/h3-7,9,15,17-18H,2,8,10-12H2,1H3. The summed E-state index contributed by atoms with van der Waals surface area (Å²) in [4.78, 5) is 4.65. The molecule has 21 heavy (non-hydrogen) atoms. The molecule has 0 radical (unpaired) electrons. The molecule has 2 aromatic rings. The van der Waals surface area contributed by atoms with Gasteiger partial charge in [-0.05, 0) is 24.6 Å². The van der Waals surface area contributed by atoms with Crippen LogP contribution >= 0.6 is 23.5 Å². The predicted molar refractivity (Wildman–Crippen MR) is 96.3 cm³/mol. The Hall–Kier alpha value is -0.710. The van der Waals surface area contributed by atoms with E-state index in [9.17, 15) is 0 Å². The number of thioether (sulfide) groups is 2. The minimum absolute atomic E-state index is 0.404. The van der Waals surface area contributed by atoms with Crippen LogP contribution in [0.15, 0.2) is 36.5 Å². The van der Waals surface area contributed by atoms with Crippen molar-refractivity contribution in [2.24, 2.45) is 0 Å². The maximum absolute atomic E-state index is 4.65. The van der Waals surface area contributed by atoms with Crippen molar-refractivity contribution in [1.82, 2.24) is 10.3 Å². The number of nitrogens with one attached hydrogen (secondary N) is 1. The molecule has 2 unspecified atom stereocenters. The first-order chi connectivity index (χ1) is 10.4. The van der Waals surface area contributed by atoms with E-state index in [1.165, 1.54) is 34.6 Å². The SMILES string of the molecule is CCCNC(c1cccc2cccnc12)C1CSCCS1. The quantitative estimate of drug-likeness (QED) is 0.896. The van der Waals surface area contributed by atoms with Crippen molar-refractivity contribution in [3.8, 4) is 0 Å². The fourth-order valence-electron chi connectivity index (χ4n) is 2.82. The smallest absolute Gasteiger partial charge is 0.0750 e. The normalized spacial score (nSPS) is 20.5. The maximum Gasteiger partial charge on any atom is 0.0750 e. The highest BCUT2D eigenvalue weighted by molar-refractivity contribution is 8.06. The highest BCUT2D eigenvalue weighted by Crippen LogP contribution is 2.35. The molecule has 112 valence electrons. The Morgan fingerprint density at radius 3 is 3.00 bits per heavy atom. The number of fused-ring (bicyclic) bond motifs is 1. The summed E-state index contributed by atoms with van der Waals surface area (Å²) < 4.78 is 0. The Morgan fingerprint density at radius 1 is 1.29 bits per heavy atom. The highest BCUT2D eigenvalue weighted by atomic mass is 32.2. The minimum atomic E-state index is 0.404. The zero-order chi connectivity index (χ0) is 14.5. The first kappa shape index (κ1) is 15.2. The lowest BCUT2D eigenvalue weighted by Gasteiger charge is -2.31. The van der Waals surface area contributed by atoms with E-state index in [1.54, 1.807) is 0 Å². The number of benzene rings is 1. The van der Waals surface area contributed by atoms with Crippen molar-refractivity contribution in [3.05, 3.63) is 42.1 Å². The first-order valence-electron chi connectivity index (χ1n) is 7.66. The molecule has 2 nitrogen and oxygen atoms in total. The number of rotatable bonds is 5. The molecular weight excluding hydrogens is 296 g/mol. The predicted octanol–water partition coefficient (Wildman–Crippen LogP) is 4.12. The maximum atomic E-state index is 4.65. The summed E-state index contributed by atoms with van der Waals surface area (Å²) in [7, 11) is 0. The molecule has 1 fully saturated rings. The van der Waals surface area contributed by atoms with Crippen molar-refractivity contribution >= 4 is 34.4 Å². The van der Waals surface area contributed by atoms with Gasteiger partial charge in [0.15, 0.2) is 0 Å². The number of aromatic nitrogens is 1. The summed E-state index contributed by atoms with van der Waals surface area (Å²) in [6.07, 6.45) is 3.07. The summed E-state index contributed by atoms with van der Waals surface area (Å²) in [5.41, 5.74) is 2.52. The van der Waals surface area contributed by atoms with Crippen LogP contribution in [0.25, 0.3) is 10.9 Å². The molecule has 0 bridgehead atoms. The summed E-state index contributed by atoms with van der Waals surface area (Å²) in [5.74, 6) is 3.78. The van der Waals surface area contributed by atoms with Gasteiger partial charge in [-0.15, -0.1) is 0 Å². The summed E-state index contributed by atoms with van der Waals surface area (Å²) in [6, 6.07) is 11.2. The largest absolute Gasteiger partial charge is 0.309 e. The molecule has 2 heterocycles. The summed E-state index contributed by atoms with van der Waals surface area (Å²) in [6.45, 7) is 3.30. The van der Waals surface area contributed by atoms with Gasteiger partial charge in [0.05, 0.1) is 5.52 Å². The summed E-state index contributed by atoms with van der Waals surface area (Å²) >= 11 is 4.20. The van der Waals surface area contributed by atoms with Crippen LogP contribution in [0.3, 0.4) is 0 Å². The molecule has 3 rings (SSSR count). The van der Waals surface area contributed by atoms with Crippen molar-refractivity contribution in [2.45, 2.75) is 24.6 Å². The molecule has 4 heteroatoms. The topological polar surface area (TPSA) is 24.9 Å². The van der Waals surface area contributed by atoms with E-state index in [1.807, 2.05) is 12.3 Å². The van der Waals surface area contributed by atoms with E-state index in [-0.39, 0.29) is 0 Å². The fraction of sp³-hybridized carbons (Fsp3) is 0.471. The van der Waals surface area contributed by atoms with Gasteiger partial charge in [-0.25, -0.2) is 0 Å². The zero-order valence-electron chi connectivity index (χ0n) is 12.4. The number of pyridine rings is 1. The van der Waals surface area contributed by atoms with Gasteiger partial charge in [0.1, 0.15) is 0 Å². The van der Waals surface area contributed by atoms with Crippen LogP contribution in [0.5, 0.6) is 0 Å². The molecule has 0 spiro atoms. The van der Waals surface area contributed by atoms with E-state index in [4.69, 9.17) is 0 Å². The molecule has 1 N–H and O–H groups in total. The van der Waals surface area contributed by atoms with Crippen molar-refractivity contribution in [1.29, 1.82) is 0 Å². The van der Waals surface area contributed by atoms with Crippen LogP contribution in [-0.2, 0) is 0 Å². The molecule has 1 aliphatic rings. The fourth-order valence-corrected chi connectivity index (χ4v) is 5.68. The monoisotopic (exact) mass is 318 g/mol. The molecule has 0 saturated carbocycles. The Labute approximate surface area is 135 Å². The molecule has 0 amide bonds. The Balaban J connectivity index is 1.96. The van der Waals surface area contributed by atoms with E-state index in [0.29, 0.717) is 11.3 Å². The molecule has 1 aromatic heterocycles. The minimum Gasteiger partial charge on any atom is -0.309 e. The second-order valence-electron chi connectivity index (χ2n) is 5.34. The highest BCUT2D eigenvalue weighted by Gasteiger charge is 2.27. The number of para-hydroxylation sites is 1. The van der Waals surface area contributed by atoms with Crippen LogP contribution in [0.4, 0.5) is 0 Å². The van der Waals surface area contributed by atoms with Crippen LogP contribution in [0.2, 0.25) is 0 Å². The number of nitrogens with zero attached hydrogens (tertiary/aromatic N) is 1. The van der Waals surface area contributed by atoms with Gasteiger partial charge in [0.25, 0.3) is 0 Å². The lowest BCUT2D eigenvalue weighted by Crippen LogP contribution is -2.34. The average Bonchev–Trinajstić information content (AvgIpc) is 2.56. The van der Waals surface area contributed by atoms with Crippen LogP contribution in [0.1, 0.15) is 24.9 Å². The Kier molecular flexibility index (Phi) is 5.44. The van der Waals surface area contributed by atoms with Crippen molar-refractivity contribution in [2.75, 3.05) is 23.8 Å². The van der Waals surface area contributed by atoms with E-state index in [2.05, 4.69) is 65.0 Å². The first-order valence-corrected chi connectivity index (χ1v) is 9.87. The van der Waals surface area contributed by atoms with E-state index >= 15 is 0 Å². The molecule has 1 aliphatic heterocycles. The van der Waals surface area contributed by atoms with Gasteiger partial charge < -0.3 is 5.32 Å². The van der Waals surface area contributed by atoms with Crippen molar-refractivity contribution in [3.63, 3.8) is 0 Å². The van der Waals surface area contributed by atoms with Gasteiger partial charge in [-0.1, -0.05) is 31.2 Å². The molecule has 1 saturated heterocycles. The van der Waals surface area contributed by atoms with Crippen LogP contribution < -0.4 is 5.32 Å². The average molecular weight is 319 g/mol.